The van der Waals surface area contributed by atoms with Crippen LogP contribution in [0.3, 0.4) is 0 Å². The van der Waals surface area contributed by atoms with Crippen LogP contribution < -0.4 is 11.1 Å². The van der Waals surface area contributed by atoms with Gasteiger partial charge in [-0.1, -0.05) is 5.92 Å². The number of nitrogens with two attached hydrogens (primary N) is 1. The Hall–Kier alpha value is -0.560. The number of ether oxygens (including phenoxy) is 1. The molecule has 0 saturated carbocycles. The molecular weight excluding hydrogens is 152 g/mol. The van der Waals surface area contributed by atoms with Crippen LogP contribution in [0.25, 0.3) is 0 Å². The third kappa shape index (κ3) is 2.21. The second-order valence-electron chi connectivity index (χ2n) is 3.07. The third-order valence-electron chi connectivity index (χ3n) is 2.22. The largest absolute Gasteiger partial charge is 0.379 e. The zero-order valence-electron chi connectivity index (χ0n) is 7.52. The minimum Gasteiger partial charge on any atom is -0.379 e. The molecule has 1 aliphatic rings. The summed E-state index contributed by atoms with van der Waals surface area (Å²) < 4.78 is 5.29. The first kappa shape index (κ1) is 9.53. The van der Waals surface area contributed by atoms with E-state index in [2.05, 4.69) is 17.2 Å². The van der Waals surface area contributed by atoms with E-state index in [0.717, 1.165) is 19.6 Å². The maximum Gasteiger partial charge on any atom is 0.0661 e. The van der Waals surface area contributed by atoms with E-state index in [1.807, 2.05) is 6.92 Å². The zero-order valence-corrected chi connectivity index (χ0v) is 7.52. The van der Waals surface area contributed by atoms with Crippen molar-refractivity contribution in [2.75, 3.05) is 26.3 Å². The minimum atomic E-state index is -0.0101. The normalized spacial score (nSPS) is 28.2. The summed E-state index contributed by atoms with van der Waals surface area (Å²) in [6.07, 6.45) is 0.995. The molecule has 0 aromatic heterocycles. The average molecular weight is 168 g/mol. The summed E-state index contributed by atoms with van der Waals surface area (Å²) in [5.74, 6) is 5.80. The Morgan fingerprint density at radius 1 is 1.67 bits per heavy atom. The molecule has 0 radical (unpaired) electrons. The minimum absolute atomic E-state index is 0.0101. The molecule has 3 heteroatoms. The van der Waals surface area contributed by atoms with Gasteiger partial charge in [-0.25, -0.2) is 0 Å². The van der Waals surface area contributed by atoms with Gasteiger partial charge in [0.25, 0.3) is 0 Å². The summed E-state index contributed by atoms with van der Waals surface area (Å²) >= 11 is 0. The lowest BCUT2D eigenvalue weighted by Gasteiger charge is -2.25. The van der Waals surface area contributed by atoms with Gasteiger partial charge in [0.1, 0.15) is 0 Å². The van der Waals surface area contributed by atoms with Crippen LogP contribution in [0, 0.1) is 11.8 Å². The Labute approximate surface area is 73.7 Å². The highest BCUT2D eigenvalue weighted by atomic mass is 16.5. The molecule has 1 fully saturated rings. The van der Waals surface area contributed by atoms with Gasteiger partial charge >= 0.3 is 0 Å². The molecule has 1 rings (SSSR count). The van der Waals surface area contributed by atoms with E-state index in [1.165, 1.54) is 0 Å². The first-order valence-electron chi connectivity index (χ1n) is 4.25. The lowest BCUT2D eigenvalue weighted by molar-refractivity contribution is 0.170. The summed E-state index contributed by atoms with van der Waals surface area (Å²) in [5.41, 5.74) is 5.65. The average Bonchev–Trinajstić information content (AvgIpc) is 2.55. The number of rotatable bonds is 3. The van der Waals surface area contributed by atoms with Crippen molar-refractivity contribution in [1.29, 1.82) is 0 Å². The summed E-state index contributed by atoms with van der Waals surface area (Å²) in [6, 6.07) is 0. The lowest BCUT2D eigenvalue weighted by Crippen LogP contribution is -2.51. The highest BCUT2D eigenvalue weighted by Crippen LogP contribution is 2.16. The Kier molecular flexibility index (Phi) is 3.54. The molecule has 3 N–H and O–H groups in total. The van der Waals surface area contributed by atoms with Crippen LogP contribution in [-0.2, 0) is 4.74 Å². The van der Waals surface area contributed by atoms with Crippen molar-refractivity contribution >= 4 is 0 Å². The van der Waals surface area contributed by atoms with Gasteiger partial charge in [0, 0.05) is 13.2 Å². The van der Waals surface area contributed by atoms with Gasteiger partial charge in [-0.15, -0.1) is 5.92 Å². The molecule has 68 valence electrons. The first-order valence-corrected chi connectivity index (χ1v) is 4.25. The molecule has 1 atom stereocenters. The quantitative estimate of drug-likeness (QED) is 0.570. The summed E-state index contributed by atoms with van der Waals surface area (Å²) in [6.45, 7) is 4.69. The van der Waals surface area contributed by atoms with Crippen LogP contribution in [0.4, 0.5) is 0 Å². The van der Waals surface area contributed by atoms with Crippen molar-refractivity contribution in [2.24, 2.45) is 5.73 Å². The van der Waals surface area contributed by atoms with Crippen LogP contribution in [-0.4, -0.2) is 31.8 Å². The lowest BCUT2D eigenvalue weighted by atomic mass is 9.99. The summed E-state index contributed by atoms with van der Waals surface area (Å²) in [7, 11) is 0. The third-order valence-corrected chi connectivity index (χ3v) is 2.22. The predicted octanol–water partition coefficient (Wildman–Crippen LogP) is -0.283. The molecule has 1 aliphatic heterocycles. The molecular formula is C9H16N2O. The SMILES string of the molecule is CC#CCNC1(CN)CCOC1. The molecule has 0 aromatic rings. The highest BCUT2D eigenvalue weighted by Gasteiger charge is 2.32. The van der Waals surface area contributed by atoms with Gasteiger partial charge in [0.2, 0.25) is 0 Å². The van der Waals surface area contributed by atoms with Crippen molar-refractivity contribution in [3.63, 3.8) is 0 Å². The first-order chi connectivity index (χ1) is 5.83. The fourth-order valence-corrected chi connectivity index (χ4v) is 1.30. The van der Waals surface area contributed by atoms with Crippen molar-refractivity contribution < 1.29 is 4.74 Å². The zero-order chi connectivity index (χ0) is 8.86. The van der Waals surface area contributed by atoms with Crippen molar-refractivity contribution in [3.05, 3.63) is 0 Å². The smallest absolute Gasteiger partial charge is 0.0661 e. The molecule has 0 spiro atoms. The number of hydrogen-bond donors (Lipinski definition) is 2. The van der Waals surface area contributed by atoms with Gasteiger partial charge in [-0.05, 0) is 13.3 Å². The Morgan fingerprint density at radius 3 is 3.00 bits per heavy atom. The second kappa shape index (κ2) is 4.46. The standard InChI is InChI=1S/C9H16N2O/c1-2-3-5-11-9(7-10)4-6-12-8-9/h11H,4-8,10H2,1H3. The molecule has 12 heavy (non-hydrogen) atoms. The molecule has 0 amide bonds. The van der Waals surface area contributed by atoms with E-state index in [4.69, 9.17) is 10.5 Å². The molecule has 0 aromatic carbocycles. The number of hydrogen-bond acceptors (Lipinski definition) is 3. The van der Waals surface area contributed by atoms with Crippen LogP contribution in [0.2, 0.25) is 0 Å². The van der Waals surface area contributed by atoms with E-state index >= 15 is 0 Å². The van der Waals surface area contributed by atoms with E-state index in [0.29, 0.717) is 13.1 Å². The van der Waals surface area contributed by atoms with Crippen LogP contribution in [0.1, 0.15) is 13.3 Å². The van der Waals surface area contributed by atoms with Gasteiger partial charge in [-0.3, -0.25) is 5.32 Å². The predicted molar refractivity (Wildman–Crippen MR) is 48.7 cm³/mol. The fraction of sp³-hybridized carbons (Fsp3) is 0.778. The van der Waals surface area contributed by atoms with Crippen molar-refractivity contribution in [1.82, 2.24) is 5.32 Å². The molecule has 0 bridgehead atoms. The van der Waals surface area contributed by atoms with Crippen molar-refractivity contribution in [3.8, 4) is 11.8 Å². The van der Waals surface area contributed by atoms with Crippen molar-refractivity contribution in [2.45, 2.75) is 18.9 Å². The fourth-order valence-electron chi connectivity index (χ4n) is 1.30. The van der Waals surface area contributed by atoms with Gasteiger partial charge in [0.15, 0.2) is 0 Å². The molecule has 1 heterocycles. The topological polar surface area (TPSA) is 47.3 Å². The van der Waals surface area contributed by atoms with Gasteiger partial charge in [-0.2, -0.15) is 0 Å². The number of nitrogens with one attached hydrogen (secondary N) is 1. The molecule has 0 aliphatic carbocycles. The Morgan fingerprint density at radius 2 is 2.50 bits per heavy atom. The van der Waals surface area contributed by atoms with E-state index in [9.17, 15) is 0 Å². The second-order valence-corrected chi connectivity index (χ2v) is 3.07. The van der Waals surface area contributed by atoms with Crippen LogP contribution in [0.15, 0.2) is 0 Å². The maximum atomic E-state index is 5.66. The Balaban J connectivity index is 2.37. The molecule has 3 nitrogen and oxygen atoms in total. The van der Waals surface area contributed by atoms with E-state index in [1.54, 1.807) is 0 Å². The molecule has 1 saturated heterocycles. The van der Waals surface area contributed by atoms with Gasteiger partial charge in [0.05, 0.1) is 18.7 Å². The molecule has 1 unspecified atom stereocenters. The Bertz CT molecular complexity index is 186. The van der Waals surface area contributed by atoms with Gasteiger partial charge < -0.3 is 10.5 Å². The van der Waals surface area contributed by atoms with Crippen LogP contribution >= 0.6 is 0 Å². The summed E-state index contributed by atoms with van der Waals surface area (Å²) in [4.78, 5) is 0. The van der Waals surface area contributed by atoms with E-state index in [-0.39, 0.29) is 5.54 Å². The monoisotopic (exact) mass is 168 g/mol. The highest BCUT2D eigenvalue weighted by molar-refractivity contribution is 5.02. The summed E-state index contributed by atoms with van der Waals surface area (Å²) in [5, 5.41) is 3.32. The maximum absolute atomic E-state index is 5.66. The van der Waals surface area contributed by atoms with E-state index < -0.39 is 0 Å². The van der Waals surface area contributed by atoms with Crippen LogP contribution in [0.5, 0.6) is 0 Å².